The highest BCUT2D eigenvalue weighted by atomic mass is 16.5. The molecule has 1 aliphatic rings. The first kappa shape index (κ1) is 15.6. The molecule has 0 aliphatic heterocycles. The summed E-state index contributed by atoms with van der Waals surface area (Å²) in [7, 11) is 1.65. The summed E-state index contributed by atoms with van der Waals surface area (Å²) in [5.41, 5.74) is 6.30. The van der Waals surface area contributed by atoms with Gasteiger partial charge in [0.1, 0.15) is 5.75 Å². The summed E-state index contributed by atoms with van der Waals surface area (Å²) in [5.74, 6) is 1.29. The number of carbonyl (C=O) groups is 1. The predicted molar refractivity (Wildman–Crippen MR) is 82.1 cm³/mol. The Morgan fingerprint density at radius 2 is 2.05 bits per heavy atom. The van der Waals surface area contributed by atoms with Gasteiger partial charge in [-0.3, -0.25) is 4.79 Å². The minimum absolute atomic E-state index is 0.00303. The van der Waals surface area contributed by atoms with E-state index in [9.17, 15) is 4.79 Å². The van der Waals surface area contributed by atoms with Crippen molar-refractivity contribution in [3.63, 3.8) is 0 Å². The summed E-state index contributed by atoms with van der Waals surface area (Å²) in [6.07, 6.45) is 2.41. The molecule has 0 heterocycles. The number of rotatable bonds is 8. The molecule has 1 amide bonds. The summed E-state index contributed by atoms with van der Waals surface area (Å²) >= 11 is 0. The second-order valence-electron chi connectivity index (χ2n) is 5.52. The van der Waals surface area contributed by atoms with Crippen molar-refractivity contribution in [1.29, 1.82) is 0 Å². The maximum absolute atomic E-state index is 12.4. The second-order valence-corrected chi connectivity index (χ2v) is 5.52. The first-order valence-electron chi connectivity index (χ1n) is 7.38. The van der Waals surface area contributed by atoms with Gasteiger partial charge in [0.25, 0.3) is 5.91 Å². The van der Waals surface area contributed by atoms with Crippen molar-refractivity contribution in [1.82, 2.24) is 4.90 Å². The number of nitrogens with two attached hydrogens (primary N) is 1. The van der Waals surface area contributed by atoms with E-state index in [1.807, 2.05) is 4.90 Å². The number of nitrogen functional groups attached to an aromatic ring is 1. The highest BCUT2D eigenvalue weighted by molar-refractivity contribution is 5.78. The molecule has 1 unspecified atom stereocenters. The lowest BCUT2D eigenvalue weighted by molar-refractivity contribution is -0.136. The monoisotopic (exact) mass is 292 g/mol. The van der Waals surface area contributed by atoms with Crippen molar-refractivity contribution in [2.75, 3.05) is 32.6 Å². The molecule has 1 saturated carbocycles. The third-order valence-corrected chi connectivity index (χ3v) is 3.89. The average Bonchev–Trinajstić information content (AvgIpc) is 3.31. The van der Waals surface area contributed by atoms with Crippen LogP contribution in [0.2, 0.25) is 0 Å². The lowest BCUT2D eigenvalue weighted by Gasteiger charge is -2.29. The molecule has 5 nitrogen and oxygen atoms in total. The van der Waals surface area contributed by atoms with Gasteiger partial charge in [-0.25, -0.2) is 0 Å². The number of carbonyl (C=O) groups excluding carboxylic acids is 1. The van der Waals surface area contributed by atoms with E-state index in [2.05, 4.69) is 6.92 Å². The second kappa shape index (κ2) is 7.31. The molecule has 0 spiro atoms. The number of ether oxygens (including phenoxy) is 2. The number of benzene rings is 1. The zero-order chi connectivity index (χ0) is 15.2. The maximum Gasteiger partial charge on any atom is 0.260 e. The number of anilines is 1. The average molecular weight is 292 g/mol. The summed E-state index contributed by atoms with van der Waals surface area (Å²) in [6.45, 7) is 3.31. The van der Waals surface area contributed by atoms with Crippen LogP contribution in [0.3, 0.4) is 0 Å². The van der Waals surface area contributed by atoms with Crippen LogP contribution in [-0.4, -0.2) is 43.7 Å². The Balaban J connectivity index is 1.89. The summed E-state index contributed by atoms with van der Waals surface area (Å²) in [6, 6.07) is 7.31. The standard InChI is InChI=1S/C16H24N2O3/c1-12(13-3-4-13)18(9-10-20-2)16(19)11-21-15-7-5-14(17)6-8-15/h5-8,12-13H,3-4,9-11,17H2,1-2H3. The minimum Gasteiger partial charge on any atom is -0.484 e. The molecule has 0 radical (unpaired) electrons. The van der Waals surface area contributed by atoms with E-state index in [-0.39, 0.29) is 18.6 Å². The van der Waals surface area contributed by atoms with Crippen molar-refractivity contribution in [3.05, 3.63) is 24.3 Å². The van der Waals surface area contributed by atoms with Gasteiger partial charge >= 0.3 is 0 Å². The van der Waals surface area contributed by atoms with Gasteiger partial charge in [-0.1, -0.05) is 0 Å². The summed E-state index contributed by atoms with van der Waals surface area (Å²) in [5, 5.41) is 0. The normalized spacial score (nSPS) is 15.5. The van der Waals surface area contributed by atoms with E-state index < -0.39 is 0 Å². The molecular formula is C16H24N2O3. The molecule has 116 valence electrons. The van der Waals surface area contributed by atoms with E-state index >= 15 is 0 Å². The quantitative estimate of drug-likeness (QED) is 0.743. The van der Waals surface area contributed by atoms with E-state index in [4.69, 9.17) is 15.2 Å². The molecule has 2 N–H and O–H groups in total. The molecule has 1 aromatic carbocycles. The molecule has 2 rings (SSSR count). The van der Waals surface area contributed by atoms with Gasteiger partial charge < -0.3 is 20.1 Å². The lowest BCUT2D eigenvalue weighted by Crippen LogP contribution is -2.44. The molecule has 0 aromatic heterocycles. The fraction of sp³-hybridized carbons (Fsp3) is 0.562. The zero-order valence-electron chi connectivity index (χ0n) is 12.7. The summed E-state index contributed by atoms with van der Waals surface area (Å²) < 4.78 is 10.6. The topological polar surface area (TPSA) is 64.8 Å². The number of methoxy groups -OCH3 is 1. The van der Waals surface area contributed by atoms with Crippen molar-refractivity contribution < 1.29 is 14.3 Å². The van der Waals surface area contributed by atoms with Gasteiger partial charge in [0.05, 0.1) is 6.61 Å². The first-order valence-corrected chi connectivity index (χ1v) is 7.38. The molecule has 5 heteroatoms. The Labute approximate surface area is 126 Å². The summed E-state index contributed by atoms with van der Waals surface area (Å²) in [4.78, 5) is 14.3. The van der Waals surface area contributed by atoms with Gasteiger partial charge in [0, 0.05) is 25.4 Å². The maximum atomic E-state index is 12.4. The van der Waals surface area contributed by atoms with Crippen LogP contribution in [0.5, 0.6) is 5.75 Å². The van der Waals surface area contributed by atoms with Crippen LogP contribution in [0.25, 0.3) is 0 Å². The van der Waals surface area contributed by atoms with Gasteiger partial charge in [0.2, 0.25) is 0 Å². The van der Waals surface area contributed by atoms with E-state index in [0.29, 0.717) is 30.5 Å². The molecule has 1 fully saturated rings. The van der Waals surface area contributed by atoms with Crippen molar-refractivity contribution >= 4 is 11.6 Å². The Kier molecular flexibility index (Phi) is 5.44. The predicted octanol–water partition coefficient (Wildman–Crippen LogP) is 1.92. The van der Waals surface area contributed by atoms with E-state index in [1.165, 1.54) is 12.8 Å². The minimum atomic E-state index is 0.00303. The van der Waals surface area contributed by atoms with Crippen LogP contribution >= 0.6 is 0 Å². The SMILES string of the molecule is COCCN(C(=O)COc1ccc(N)cc1)C(C)C1CC1. The van der Waals surface area contributed by atoms with Crippen LogP contribution < -0.4 is 10.5 Å². The fourth-order valence-corrected chi connectivity index (χ4v) is 2.37. The Bertz CT molecular complexity index is 457. The van der Waals surface area contributed by atoms with Crippen LogP contribution in [-0.2, 0) is 9.53 Å². The highest BCUT2D eigenvalue weighted by Crippen LogP contribution is 2.35. The van der Waals surface area contributed by atoms with Crippen molar-refractivity contribution in [2.24, 2.45) is 5.92 Å². The third-order valence-electron chi connectivity index (χ3n) is 3.89. The van der Waals surface area contributed by atoms with Crippen molar-refractivity contribution in [3.8, 4) is 5.75 Å². The molecule has 1 aromatic rings. The van der Waals surface area contributed by atoms with E-state index in [1.54, 1.807) is 31.4 Å². The molecule has 0 saturated heterocycles. The zero-order valence-corrected chi connectivity index (χ0v) is 12.7. The number of hydrogen-bond donors (Lipinski definition) is 1. The molecule has 1 atom stereocenters. The Morgan fingerprint density at radius 3 is 2.62 bits per heavy atom. The van der Waals surface area contributed by atoms with Gasteiger partial charge in [-0.05, 0) is 49.9 Å². The van der Waals surface area contributed by atoms with Crippen LogP contribution in [0, 0.1) is 5.92 Å². The van der Waals surface area contributed by atoms with Gasteiger partial charge in [-0.2, -0.15) is 0 Å². The molecule has 0 bridgehead atoms. The largest absolute Gasteiger partial charge is 0.484 e. The van der Waals surface area contributed by atoms with Crippen LogP contribution in [0.4, 0.5) is 5.69 Å². The number of hydrogen-bond acceptors (Lipinski definition) is 4. The van der Waals surface area contributed by atoms with Crippen molar-refractivity contribution in [2.45, 2.75) is 25.8 Å². The molecular weight excluding hydrogens is 268 g/mol. The van der Waals surface area contributed by atoms with Gasteiger partial charge in [-0.15, -0.1) is 0 Å². The third kappa shape index (κ3) is 4.63. The molecule has 21 heavy (non-hydrogen) atoms. The van der Waals surface area contributed by atoms with Crippen LogP contribution in [0.15, 0.2) is 24.3 Å². The fourth-order valence-electron chi connectivity index (χ4n) is 2.37. The van der Waals surface area contributed by atoms with Gasteiger partial charge in [0.15, 0.2) is 6.61 Å². The Morgan fingerprint density at radius 1 is 1.38 bits per heavy atom. The number of nitrogens with zero attached hydrogens (tertiary/aromatic N) is 1. The first-order chi connectivity index (χ1) is 10.1. The highest BCUT2D eigenvalue weighted by Gasteiger charge is 2.34. The van der Waals surface area contributed by atoms with E-state index in [0.717, 1.165) is 0 Å². The molecule has 1 aliphatic carbocycles. The lowest BCUT2D eigenvalue weighted by atomic mass is 10.2. The number of amides is 1. The van der Waals surface area contributed by atoms with Crippen LogP contribution in [0.1, 0.15) is 19.8 Å². The smallest absolute Gasteiger partial charge is 0.260 e. The Hall–Kier alpha value is -1.75.